The molecule has 10 N–H and O–H groups in total. The molecule has 0 aromatic rings. The lowest BCUT2D eigenvalue weighted by atomic mass is 10.2. The maximum atomic E-state index is 10.9. The van der Waals surface area contributed by atoms with Gasteiger partial charge in [-0.05, 0) is 0 Å². The van der Waals surface area contributed by atoms with Crippen molar-refractivity contribution in [2.45, 2.75) is 11.7 Å². The number of hydrogen-bond donors (Lipinski definition) is 6. The molecule has 0 aromatic carbocycles. The standard InChI is InChI=1S/C7H15N5O4S2/c8-3(4(13)14)1-17-18-2-7(11,5(15)16)12-6(9)10/h3H,1-2,8,11H2,(H,13,14)(H,15,16)(H4,9,10,12)/t3-,7+/m0/s1. The zero-order chi connectivity index (χ0) is 14.3. The van der Waals surface area contributed by atoms with Crippen LogP contribution in [-0.2, 0) is 9.59 Å². The van der Waals surface area contributed by atoms with Crippen LogP contribution in [0.15, 0.2) is 4.99 Å². The van der Waals surface area contributed by atoms with Crippen molar-refractivity contribution in [1.82, 2.24) is 0 Å². The van der Waals surface area contributed by atoms with Crippen LogP contribution in [0.3, 0.4) is 0 Å². The molecule has 9 nitrogen and oxygen atoms in total. The molecule has 0 aromatic heterocycles. The summed E-state index contributed by atoms with van der Waals surface area (Å²) in [7, 11) is 2.10. The fourth-order valence-corrected chi connectivity index (χ4v) is 3.05. The summed E-state index contributed by atoms with van der Waals surface area (Å²) in [6.07, 6.45) is 0. The number of nitrogens with two attached hydrogens (primary N) is 4. The summed E-state index contributed by atoms with van der Waals surface area (Å²) in [4.78, 5) is 24.8. The number of carboxylic acid groups (broad SMARTS) is 2. The van der Waals surface area contributed by atoms with Gasteiger partial charge in [0.15, 0.2) is 5.96 Å². The van der Waals surface area contributed by atoms with E-state index in [2.05, 4.69) is 4.99 Å². The molecule has 0 saturated heterocycles. The lowest BCUT2D eigenvalue weighted by molar-refractivity contribution is -0.142. The minimum atomic E-state index is -1.94. The zero-order valence-electron chi connectivity index (χ0n) is 9.28. The van der Waals surface area contributed by atoms with Gasteiger partial charge < -0.3 is 27.4 Å². The molecule has 18 heavy (non-hydrogen) atoms. The highest BCUT2D eigenvalue weighted by Crippen LogP contribution is 2.26. The first-order valence-electron chi connectivity index (χ1n) is 4.55. The van der Waals surface area contributed by atoms with Crippen LogP contribution in [0, 0.1) is 0 Å². The topological polar surface area (TPSA) is 191 Å². The summed E-state index contributed by atoms with van der Waals surface area (Å²) in [5.74, 6) is -2.97. The molecule has 0 aliphatic heterocycles. The van der Waals surface area contributed by atoms with Crippen LogP contribution >= 0.6 is 21.6 Å². The number of aliphatic imine (C=N–C) groups is 1. The molecule has 0 spiro atoms. The quantitative estimate of drug-likeness (QED) is 0.124. The van der Waals surface area contributed by atoms with E-state index < -0.39 is 29.6 Å². The summed E-state index contributed by atoms with van der Waals surface area (Å²) in [6, 6.07) is -1.03. The Hall–Kier alpha value is -1.17. The van der Waals surface area contributed by atoms with Crippen molar-refractivity contribution in [2.75, 3.05) is 11.5 Å². The third-order valence-electron chi connectivity index (χ3n) is 1.63. The van der Waals surface area contributed by atoms with Crippen molar-refractivity contribution in [3.63, 3.8) is 0 Å². The first-order valence-corrected chi connectivity index (χ1v) is 7.03. The van der Waals surface area contributed by atoms with E-state index in [1.54, 1.807) is 0 Å². The van der Waals surface area contributed by atoms with Crippen molar-refractivity contribution in [3.8, 4) is 0 Å². The van der Waals surface area contributed by atoms with E-state index >= 15 is 0 Å². The number of guanidine groups is 1. The van der Waals surface area contributed by atoms with Crippen LogP contribution < -0.4 is 22.9 Å². The molecule has 0 aliphatic carbocycles. The number of hydrogen-bond acceptors (Lipinski definition) is 7. The molecule has 0 fully saturated rings. The molecule has 0 heterocycles. The SMILES string of the molecule is NC(N)=N[C@](N)(CSSC[C@H](N)C(=O)O)C(=O)O. The first-order chi connectivity index (χ1) is 8.19. The second-order valence-electron chi connectivity index (χ2n) is 3.26. The monoisotopic (exact) mass is 297 g/mol. The average Bonchev–Trinajstić information content (AvgIpc) is 2.22. The lowest BCUT2D eigenvalue weighted by Gasteiger charge is -2.19. The Morgan fingerprint density at radius 2 is 1.83 bits per heavy atom. The Morgan fingerprint density at radius 3 is 2.22 bits per heavy atom. The molecule has 0 radical (unpaired) electrons. The molecule has 0 amide bonds. The molecule has 0 saturated carbocycles. The van der Waals surface area contributed by atoms with Crippen molar-refractivity contribution < 1.29 is 19.8 Å². The fourth-order valence-electron chi connectivity index (χ4n) is 0.696. The number of rotatable bonds is 8. The fraction of sp³-hybridized carbons (Fsp3) is 0.571. The summed E-state index contributed by atoms with van der Waals surface area (Å²) in [5.41, 5.74) is 19.0. The Bertz CT molecular complexity index is 349. The Kier molecular flexibility index (Phi) is 6.83. The lowest BCUT2D eigenvalue weighted by Crippen LogP contribution is -2.50. The van der Waals surface area contributed by atoms with Gasteiger partial charge in [0.1, 0.15) is 6.04 Å². The Morgan fingerprint density at radius 1 is 1.28 bits per heavy atom. The van der Waals surface area contributed by atoms with Gasteiger partial charge in [0.05, 0.1) is 5.75 Å². The highest BCUT2D eigenvalue weighted by Gasteiger charge is 2.34. The van der Waals surface area contributed by atoms with Crippen LogP contribution in [0.4, 0.5) is 0 Å². The van der Waals surface area contributed by atoms with Crippen molar-refractivity contribution in [1.29, 1.82) is 0 Å². The van der Waals surface area contributed by atoms with Crippen molar-refractivity contribution >= 4 is 39.5 Å². The van der Waals surface area contributed by atoms with Crippen LogP contribution in [0.5, 0.6) is 0 Å². The molecular formula is C7H15N5O4S2. The minimum Gasteiger partial charge on any atom is -0.480 e. The van der Waals surface area contributed by atoms with Gasteiger partial charge in [0.2, 0.25) is 5.66 Å². The predicted octanol–water partition coefficient (Wildman–Crippen LogP) is -2.21. The zero-order valence-corrected chi connectivity index (χ0v) is 10.9. The van der Waals surface area contributed by atoms with E-state index in [1.807, 2.05) is 0 Å². The van der Waals surface area contributed by atoms with Gasteiger partial charge in [-0.15, -0.1) is 0 Å². The third-order valence-corrected chi connectivity index (χ3v) is 4.11. The number of nitrogens with zero attached hydrogens (tertiary/aromatic N) is 1. The summed E-state index contributed by atoms with van der Waals surface area (Å²) in [5, 5.41) is 17.4. The van der Waals surface area contributed by atoms with Crippen molar-refractivity contribution in [2.24, 2.45) is 27.9 Å². The Balaban J connectivity index is 4.27. The molecule has 0 rings (SSSR count). The summed E-state index contributed by atoms with van der Waals surface area (Å²) >= 11 is 0. The number of carbonyl (C=O) groups is 2. The Labute approximate surface area is 111 Å². The largest absolute Gasteiger partial charge is 0.480 e. The van der Waals surface area contributed by atoms with Crippen LogP contribution in [0.25, 0.3) is 0 Å². The third kappa shape index (κ3) is 5.95. The highest BCUT2D eigenvalue weighted by molar-refractivity contribution is 8.76. The predicted molar refractivity (Wildman–Crippen MR) is 70.9 cm³/mol. The molecule has 0 unspecified atom stereocenters. The maximum absolute atomic E-state index is 10.9. The van der Waals surface area contributed by atoms with E-state index in [1.165, 1.54) is 0 Å². The van der Waals surface area contributed by atoms with Crippen LogP contribution in [-0.4, -0.2) is 51.3 Å². The molecular weight excluding hydrogens is 282 g/mol. The first kappa shape index (κ1) is 16.8. The second kappa shape index (κ2) is 7.31. The summed E-state index contributed by atoms with van der Waals surface area (Å²) < 4.78 is 0. The van der Waals surface area contributed by atoms with Gasteiger partial charge in [0.25, 0.3) is 0 Å². The molecule has 0 bridgehead atoms. The van der Waals surface area contributed by atoms with Gasteiger partial charge in [-0.2, -0.15) is 0 Å². The van der Waals surface area contributed by atoms with E-state index in [4.69, 9.17) is 33.1 Å². The van der Waals surface area contributed by atoms with Crippen LogP contribution in [0.1, 0.15) is 0 Å². The maximum Gasteiger partial charge on any atom is 0.347 e. The normalized spacial score (nSPS) is 15.4. The highest BCUT2D eigenvalue weighted by atomic mass is 33.1. The van der Waals surface area contributed by atoms with Gasteiger partial charge in [-0.3, -0.25) is 10.5 Å². The van der Waals surface area contributed by atoms with Gasteiger partial charge in [-0.25, -0.2) is 9.79 Å². The van der Waals surface area contributed by atoms with Gasteiger partial charge in [-0.1, -0.05) is 21.6 Å². The molecule has 104 valence electrons. The number of carboxylic acids is 2. The van der Waals surface area contributed by atoms with E-state index in [0.29, 0.717) is 0 Å². The molecule has 0 aliphatic rings. The smallest absolute Gasteiger partial charge is 0.347 e. The van der Waals surface area contributed by atoms with E-state index in [-0.39, 0.29) is 11.5 Å². The van der Waals surface area contributed by atoms with Crippen LogP contribution in [0.2, 0.25) is 0 Å². The van der Waals surface area contributed by atoms with Gasteiger partial charge in [0, 0.05) is 5.75 Å². The summed E-state index contributed by atoms with van der Waals surface area (Å²) in [6.45, 7) is 0. The molecule has 2 atom stereocenters. The van der Waals surface area contributed by atoms with E-state index in [0.717, 1.165) is 21.6 Å². The van der Waals surface area contributed by atoms with Gasteiger partial charge >= 0.3 is 11.9 Å². The van der Waals surface area contributed by atoms with E-state index in [9.17, 15) is 9.59 Å². The molecule has 11 heteroatoms. The average molecular weight is 297 g/mol. The van der Waals surface area contributed by atoms with Crippen molar-refractivity contribution in [3.05, 3.63) is 0 Å². The second-order valence-corrected chi connectivity index (χ2v) is 5.77. The number of aliphatic carboxylic acids is 2. The minimum absolute atomic E-state index is 0.109.